The first-order valence-electron chi connectivity index (χ1n) is 11.3. The van der Waals surface area contributed by atoms with Crippen LogP contribution in [0.15, 0.2) is 65.3 Å². The molecule has 0 bridgehead atoms. The van der Waals surface area contributed by atoms with Gasteiger partial charge in [0.2, 0.25) is 17.6 Å². The van der Waals surface area contributed by atoms with Crippen LogP contribution in [0, 0.1) is 0 Å². The van der Waals surface area contributed by atoms with Gasteiger partial charge in [0.05, 0.1) is 0 Å². The minimum Gasteiger partial charge on any atom is -0.872 e. The predicted octanol–water partition coefficient (Wildman–Crippen LogP) is -1.19. The number of halogens is 1. The topological polar surface area (TPSA) is 206 Å². The summed E-state index contributed by atoms with van der Waals surface area (Å²) in [4.78, 5) is 11.6. The van der Waals surface area contributed by atoms with Crippen LogP contribution in [0.4, 0.5) is 10.2 Å². The maximum absolute atomic E-state index is 15.2. The third kappa shape index (κ3) is 4.87. The number of hydrogen-bond acceptors (Lipinski definition) is 9. The van der Waals surface area contributed by atoms with Gasteiger partial charge in [0, 0.05) is 18.0 Å². The minimum atomic E-state index is -4.60. The number of nitrogens with one attached hydrogen (secondary N) is 2. The highest BCUT2D eigenvalue weighted by atomic mass is 32.2. The first kappa shape index (κ1) is 25.5. The number of H-pyrrole nitrogens is 1. The summed E-state index contributed by atoms with van der Waals surface area (Å²) in [7, 11) is -4.60. The van der Waals surface area contributed by atoms with Crippen molar-refractivity contribution in [3.63, 3.8) is 0 Å². The molecule has 5 N–H and O–H groups in total. The Kier molecular flexibility index (Phi) is 6.66. The number of nitrogens with zero attached hydrogens (tertiary/aromatic N) is 4. The number of hydrogen-bond donors (Lipinski definition) is 4. The summed E-state index contributed by atoms with van der Waals surface area (Å²) < 4.78 is 51.7. The Morgan fingerprint density at radius 1 is 1.21 bits per heavy atom. The number of aliphatic hydroxyl groups is 1. The zero-order valence-electron chi connectivity index (χ0n) is 19.4. The fourth-order valence-electron chi connectivity index (χ4n) is 4.01. The van der Waals surface area contributed by atoms with Crippen molar-refractivity contribution in [2.45, 2.75) is 24.6 Å². The van der Waals surface area contributed by atoms with Crippen molar-refractivity contribution in [2.75, 3.05) is 12.3 Å². The van der Waals surface area contributed by atoms with E-state index in [9.17, 15) is 23.7 Å². The summed E-state index contributed by atoms with van der Waals surface area (Å²) in [5, 5.41) is 34.3. The molecule has 0 amide bonds. The highest BCUT2D eigenvalue weighted by Crippen LogP contribution is 2.30. The molecule has 0 radical (unpaired) electrons. The van der Waals surface area contributed by atoms with Crippen LogP contribution in [0.3, 0.4) is 0 Å². The van der Waals surface area contributed by atoms with Gasteiger partial charge in [-0.3, -0.25) is 4.98 Å². The molecule has 38 heavy (non-hydrogen) atoms. The maximum atomic E-state index is 15.2. The molecule has 0 saturated carbocycles. The van der Waals surface area contributed by atoms with E-state index >= 15 is 4.39 Å². The highest BCUT2D eigenvalue weighted by Gasteiger charge is 2.48. The molecule has 198 valence electrons. The van der Waals surface area contributed by atoms with Crippen molar-refractivity contribution in [1.29, 1.82) is 0 Å². The highest BCUT2D eigenvalue weighted by molar-refractivity contribution is 7.88. The molecule has 3 heterocycles. The molecule has 2 aromatic carbocycles. The van der Waals surface area contributed by atoms with E-state index < -0.39 is 58.6 Å². The average molecular weight is 543 g/mol. The van der Waals surface area contributed by atoms with Gasteiger partial charge >= 0.3 is 15.9 Å². The summed E-state index contributed by atoms with van der Waals surface area (Å²) in [6, 6.07) is 14.0. The van der Waals surface area contributed by atoms with Gasteiger partial charge in [0.1, 0.15) is 12.2 Å². The third-order valence-corrected chi connectivity index (χ3v) is 6.84. The second kappa shape index (κ2) is 9.94. The number of ether oxygens (including phenoxy) is 1. The van der Waals surface area contributed by atoms with Gasteiger partial charge in [0.25, 0.3) is 0 Å². The van der Waals surface area contributed by atoms with E-state index in [4.69, 9.17) is 10.5 Å². The van der Waals surface area contributed by atoms with E-state index in [-0.39, 0.29) is 17.3 Å². The first-order valence-corrected chi connectivity index (χ1v) is 12.7. The van der Waals surface area contributed by atoms with Crippen LogP contribution in [0.2, 0.25) is 0 Å². The number of nitrogens with two attached hydrogens (primary N) is 1. The Morgan fingerprint density at radius 3 is 2.66 bits per heavy atom. The van der Waals surface area contributed by atoms with Gasteiger partial charge in [-0.2, -0.15) is 22.5 Å². The molecule has 15 heteroatoms. The number of imidazole rings is 1. The number of rotatable bonds is 7. The number of fused-ring (bicyclic) bond motifs is 1. The van der Waals surface area contributed by atoms with Gasteiger partial charge in [-0.1, -0.05) is 47.4 Å². The molecule has 4 atom stereocenters. The summed E-state index contributed by atoms with van der Waals surface area (Å²) >= 11 is 0. The van der Waals surface area contributed by atoms with Crippen LogP contribution >= 0.6 is 0 Å². The van der Waals surface area contributed by atoms with Crippen LogP contribution in [-0.4, -0.2) is 59.3 Å². The lowest BCUT2D eigenvalue weighted by Crippen LogP contribution is -2.44. The maximum Gasteiger partial charge on any atom is 0.319 e. The Morgan fingerprint density at radius 2 is 1.92 bits per heavy atom. The molecule has 1 aliphatic heterocycles. The smallest absolute Gasteiger partial charge is 0.319 e. The Hall–Kier alpha value is -4.18. The number of aromatic nitrogens is 4. The molecule has 0 unspecified atom stereocenters. The summed E-state index contributed by atoms with van der Waals surface area (Å²) in [6.45, 7) is -0.606. The summed E-state index contributed by atoms with van der Waals surface area (Å²) in [6.07, 6.45) is -5.08. The number of nitrogen functional groups attached to an aromatic ring is 1. The van der Waals surface area contributed by atoms with Gasteiger partial charge < -0.3 is 25.8 Å². The number of para-hydroxylation sites is 1. The lowest BCUT2D eigenvalue weighted by atomic mass is 10.1. The van der Waals surface area contributed by atoms with Crippen molar-refractivity contribution in [1.82, 2.24) is 19.7 Å². The zero-order valence-corrected chi connectivity index (χ0v) is 20.2. The van der Waals surface area contributed by atoms with Crippen molar-refractivity contribution in [3.8, 4) is 17.1 Å². The molecule has 1 fully saturated rings. The van der Waals surface area contributed by atoms with Crippen molar-refractivity contribution in [2.24, 2.45) is 4.40 Å². The van der Waals surface area contributed by atoms with Gasteiger partial charge in [-0.25, -0.2) is 8.96 Å². The van der Waals surface area contributed by atoms with E-state index in [1.165, 1.54) is 23.0 Å². The molecule has 0 aliphatic carbocycles. The van der Waals surface area contributed by atoms with Gasteiger partial charge in [-0.05, 0) is 17.7 Å². The Labute approximate surface area is 215 Å². The number of aromatic amines is 1. The monoisotopic (exact) mass is 542 g/mol. The van der Waals surface area contributed by atoms with Crippen LogP contribution in [-0.2, 0) is 14.9 Å². The number of aliphatic hydroxyl groups excluding tert-OH is 1. The predicted molar refractivity (Wildman–Crippen MR) is 128 cm³/mol. The molecule has 4 aromatic rings. The molecular weight excluding hydrogens is 521 g/mol. The molecular formula is C23H21FN7O6S-. The minimum absolute atomic E-state index is 0.108. The van der Waals surface area contributed by atoms with Crippen molar-refractivity contribution < 1.29 is 37.4 Å². The third-order valence-electron chi connectivity index (χ3n) is 5.90. The van der Waals surface area contributed by atoms with Crippen molar-refractivity contribution >= 4 is 33.1 Å². The van der Waals surface area contributed by atoms with Crippen LogP contribution in [0.5, 0.6) is 5.75 Å². The first-order chi connectivity index (χ1) is 18.1. The molecule has 1 aliphatic rings. The van der Waals surface area contributed by atoms with E-state index in [0.29, 0.717) is 11.1 Å². The van der Waals surface area contributed by atoms with Crippen LogP contribution < -0.4 is 25.2 Å². The number of benzene rings is 2. The second-order valence-electron chi connectivity index (χ2n) is 8.39. The number of anilines is 1. The summed E-state index contributed by atoms with van der Waals surface area (Å²) in [5.74, 6) is -1.56. The van der Waals surface area contributed by atoms with E-state index in [0.717, 1.165) is 12.1 Å². The zero-order chi connectivity index (χ0) is 27.0. The SMILES string of the molecule is Nc1nc(-c2ccccc2)nc2c1[nH]c[n+]2[C@@H]1O[C@H](CNS(=O)(=O)N=C([O-])c2ccccc2[O-])[C@@H](O)[C@H]1F. The van der Waals surface area contributed by atoms with E-state index in [1.807, 2.05) is 10.8 Å². The summed E-state index contributed by atoms with van der Waals surface area (Å²) in [5.41, 5.74) is 6.83. The van der Waals surface area contributed by atoms with E-state index in [2.05, 4.69) is 19.3 Å². The average Bonchev–Trinajstić information content (AvgIpc) is 3.44. The molecule has 1 saturated heterocycles. The number of alkyl halides is 1. The van der Waals surface area contributed by atoms with Crippen LogP contribution in [0.25, 0.3) is 22.6 Å². The van der Waals surface area contributed by atoms with Gasteiger partial charge in [-0.15, -0.1) is 5.75 Å². The lowest BCUT2D eigenvalue weighted by Gasteiger charge is -2.18. The Balaban J connectivity index is 1.36. The van der Waals surface area contributed by atoms with Gasteiger partial charge in [0.15, 0.2) is 18.3 Å². The quantitative estimate of drug-likeness (QED) is 0.126. The Bertz CT molecular complexity index is 1620. The fourth-order valence-corrected chi connectivity index (χ4v) is 4.77. The normalized spacial score (nSPS) is 22.2. The second-order valence-corrected chi connectivity index (χ2v) is 9.82. The largest absolute Gasteiger partial charge is 0.872 e. The molecule has 2 aromatic heterocycles. The molecule has 13 nitrogen and oxygen atoms in total. The van der Waals surface area contributed by atoms with E-state index in [1.54, 1.807) is 24.3 Å². The van der Waals surface area contributed by atoms with Crippen molar-refractivity contribution in [3.05, 3.63) is 66.5 Å². The molecule has 0 spiro atoms. The standard InChI is InChI=1S/C23H22FN7O6S/c24-16-18(33)15(10-27-38(35,36)30-22(34)13-8-4-5-9-14(13)32)37-23(16)31-11-26-17-19(25)28-20(29-21(17)31)12-6-2-1-3-7-12/h1-9,11,15-16,18,23,27,33H,10H2,(H4,25,28,29,30,32,34)/p-1/t15-,16-,18-,23-/m1/s1. The van der Waals surface area contributed by atoms with Crippen LogP contribution in [0.1, 0.15) is 11.8 Å². The lowest BCUT2D eigenvalue weighted by molar-refractivity contribution is -0.743. The molecule has 5 rings (SSSR count). The fraction of sp³-hybridized carbons (Fsp3) is 0.217.